The van der Waals surface area contributed by atoms with E-state index in [9.17, 15) is 22.8 Å². The number of amides is 3. The number of anilines is 1. The van der Waals surface area contributed by atoms with Crippen molar-refractivity contribution in [3.8, 4) is 0 Å². The fourth-order valence-electron chi connectivity index (χ4n) is 4.41. The van der Waals surface area contributed by atoms with Crippen LogP contribution in [0.3, 0.4) is 0 Å². The Hall–Kier alpha value is -2.82. The highest BCUT2D eigenvalue weighted by Gasteiger charge is 2.31. The van der Waals surface area contributed by atoms with E-state index in [2.05, 4.69) is 10.2 Å². The molecule has 0 unspecified atom stereocenters. The number of hydrogen-bond acceptors (Lipinski definition) is 4. The van der Waals surface area contributed by atoms with E-state index < -0.39 is 11.7 Å². The molecule has 0 aliphatic carbocycles. The van der Waals surface area contributed by atoms with E-state index in [1.165, 1.54) is 12.1 Å². The summed E-state index contributed by atoms with van der Waals surface area (Å²) in [5.41, 5.74) is 0.0955. The summed E-state index contributed by atoms with van der Waals surface area (Å²) in [4.78, 5) is 31.1. The van der Waals surface area contributed by atoms with E-state index >= 15 is 0 Å². The molecule has 0 saturated carbocycles. The van der Waals surface area contributed by atoms with E-state index in [-0.39, 0.29) is 23.6 Å². The van der Waals surface area contributed by atoms with Gasteiger partial charge < -0.3 is 19.9 Å². The molecule has 2 fully saturated rings. The van der Waals surface area contributed by atoms with Gasteiger partial charge in [-0.05, 0) is 55.4 Å². The number of urea groups is 1. The molecule has 2 aromatic carbocycles. The van der Waals surface area contributed by atoms with Gasteiger partial charge >= 0.3 is 12.2 Å². The van der Waals surface area contributed by atoms with Crippen molar-refractivity contribution in [2.45, 2.75) is 18.7 Å². The lowest BCUT2D eigenvalue weighted by Gasteiger charge is -2.35. The van der Waals surface area contributed by atoms with Crippen molar-refractivity contribution in [2.75, 3.05) is 57.7 Å². The Bertz CT molecular complexity index is 1070. The smallest absolute Gasteiger partial charge is 0.373 e. The van der Waals surface area contributed by atoms with Crippen molar-refractivity contribution in [3.05, 3.63) is 64.7 Å². The first-order valence-corrected chi connectivity index (χ1v) is 12.2. The third kappa shape index (κ3) is 6.89. The minimum absolute atomic E-state index is 0.166. The second-order valence-corrected chi connectivity index (χ2v) is 9.34. The molecule has 194 valence electrons. The van der Waals surface area contributed by atoms with Crippen LogP contribution in [0.25, 0.3) is 0 Å². The van der Waals surface area contributed by atoms with Gasteiger partial charge in [-0.2, -0.15) is 13.2 Å². The topological polar surface area (TPSA) is 65.1 Å². The number of benzene rings is 2. The first kappa shape index (κ1) is 26.2. The lowest BCUT2D eigenvalue weighted by molar-refractivity contribution is -0.137. The molecular formula is C25H28ClF3N4O3. The maximum Gasteiger partial charge on any atom is 0.416 e. The zero-order chi connectivity index (χ0) is 25.7. The third-order valence-corrected chi connectivity index (χ3v) is 6.53. The number of carbonyl (C=O) groups excluding carboxylic acids is 2. The summed E-state index contributed by atoms with van der Waals surface area (Å²) in [6.07, 6.45) is -3.86. The van der Waals surface area contributed by atoms with Crippen LogP contribution in [0.15, 0.2) is 48.5 Å². The molecule has 1 atom stereocenters. The summed E-state index contributed by atoms with van der Waals surface area (Å²) in [7, 11) is 0. The van der Waals surface area contributed by atoms with Gasteiger partial charge in [-0.3, -0.25) is 9.69 Å². The molecular weight excluding hydrogens is 497 g/mol. The average Bonchev–Trinajstić information content (AvgIpc) is 3.09. The van der Waals surface area contributed by atoms with Crippen molar-refractivity contribution in [3.63, 3.8) is 0 Å². The average molecular weight is 525 g/mol. The maximum atomic E-state index is 12.8. The third-order valence-electron chi connectivity index (χ3n) is 6.30. The second kappa shape index (κ2) is 11.5. The van der Waals surface area contributed by atoms with E-state index in [4.69, 9.17) is 16.3 Å². The van der Waals surface area contributed by atoms with Gasteiger partial charge in [-0.1, -0.05) is 17.7 Å². The number of alkyl halides is 3. The first-order chi connectivity index (χ1) is 17.2. The molecule has 0 aromatic heterocycles. The fraction of sp³-hybridized carbons (Fsp3) is 0.440. The highest BCUT2D eigenvalue weighted by atomic mass is 35.5. The van der Waals surface area contributed by atoms with Gasteiger partial charge in [-0.25, -0.2) is 4.79 Å². The predicted molar refractivity (Wildman–Crippen MR) is 130 cm³/mol. The molecule has 4 rings (SSSR count). The zero-order valence-electron chi connectivity index (χ0n) is 19.6. The van der Waals surface area contributed by atoms with Crippen LogP contribution in [0.2, 0.25) is 5.02 Å². The van der Waals surface area contributed by atoms with Crippen molar-refractivity contribution in [1.82, 2.24) is 14.7 Å². The van der Waals surface area contributed by atoms with Crippen LogP contribution >= 0.6 is 11.6 Å². The Labute approximate surface area is 212 Å². The second-order valence-electron chi connectivity index (χ2n) is 8.90. The van der Waals surface area contributed by atoms with Crippen molar-refractivity contribution in [1.29, 1.82) is 0 Å². The van der Waals surface area contributed by atoms with Gasteiger partial charge in [0.05, 0.1) is 18.3 Å². The summed E-state index contributed by atoms with van der Waals surface area (Å²) < 4.78 is 44.3. The number of carbonyl (C=O) groups is 2. The molecule has 7 nitrogen and oxygen atoms in total. The molecule has 0 radical (unpaired) electrons. The van der Waals surface area contributed by atoms with Gasteiger partial charge in [-0.15, -0.1) is 0 Å². The first-order valence-electron chi connectivity index (χ1n) is 11.8. The van der Waals surface area contributed by atoms with Gasteiger partial charge in [0.1, 0.15) is 0 Å². The Balaban J connectivity index is 1.27. The Morgan fingerprint density at radius 2 is 1.78 bits per heavy atom. The molecule has 3 amide bonds. The quantitative estimate of drug-likeness (QED) is 0.642. The SMILES string of the molecule is O=C(Nc1cccc(Cl)c1)N1CCO[C@H](CN2CCCN(C(=O)c3ccc(C(F)(F)F)cc3)CC2)C1. The van der Waals surface area contributed by atoms with Crippen LogP contribution in [0.1, 0.15) is 22.3 Å². The van der Waals surface area contributed by atoms with Gasteiger partial charge in [0, 0.05) is 55.5 Å². The molecule has 0 bridgehead atoms. The Morgan fingerprint density at radius 3 is 2.50 bits per heavy atom. The summed E-state index contributed by atoms with van der Waals surface area (Å²) >= 11 is 5.99. The Morgan fingerprint density at radius 1 is 1.00 bits per heavy atom. The van der Waals surface area contributed by atoms with Crippen LogP contribution in [0.4, 0.5) is 23.7 Å². The summed E-state index contributed by atoms with van der Waals surface area (Å²) in [5.74, 6) is -0.275. The molecule has 2 heterocycles. The van der Waals surface area contributed by atoms with Gasteiger partial charge in [0.2, 0.25) is 0 Å². The van der Waals surface area contributed by atoms with Crippen LogP contribution in [0.5, 0.6) is 0 Å². The molecule has 36 heavy (non-hydrogen) atoms. The number of morpholine rings is 1. The van der Waals surface area contributed by atoms with E-state index in [1.807, 2.05) is 0 Å². The van der Waals surface area contributed by atoms with E-state index in [1.54, 1.807) is 34.1 Å². The normalized spacial score (nSPS) is 19.6. The summed E-state index contributed by atoms with van der Waals surface area (Å²) in [6.45, 7) is 4.33. The lowest BCUT2D eigenvalue weighted by atomic mass is 10.1. The summed E-state index contributed by atoms with van der Waals surface area (Å²) in [6, 6.07) is 11.1. The van der Waals surface area contributed by atoms with Crippen molar-refractivity contribution >= 4 is 29.2 Å². The molecule has 11 heteroatoms. The maximum absolute atomic E-state index is 12.8. The standard InChI is InChI=1S/C25H28ClF3N4O3/c26-20-3-1-4-21(15-20)30-24(35)33-13-14-36-22(17-33)16-31-9-2-10-32(12-11-31)23(34)18-5-7-19(8-6-18)25(27,28)29/h1,3-8,15,22H,2,9-14,16-17H2,(H,30,35)/t22-/m1/s1. The monoisotopic (exact) mass is 524 g/mol. The lowest BCUT2D eigenvalue weighted by Crippen LogP contribution is -2.51. The van der Waals surface area contributed by atoms with Crippen molar-refractivity contribution < 1.29 is 27.5 Å². The van der Waals surface area contributed by atoms with Gasteiger partial charge in [0.15, 0.2) is 0 Å². The van der Waals surface area contributed by atoms with Crippen LogP contribution < -0.4 is 5.32 Å². The number of rotatable bonds is 4. The minimum Gasteiger partial charge on any atom is -0.373 e. The Kier molecular flexibility index (Phi) is 8.38. The fourth-order valence-corrected chi connectivity index (χ4v) is 4.60. The largest absolute Gasteiger partial charge is 0.416 e. The van der Waals surface area contributed by atoms with Crippen LogP contribution in [-0.2, 0) is 10.9 Å². The summed E-state index contributed by atoms with van der Waals surface area (Å²) in [5, 5.41) is 3.40. The molecule has 2 aromatic rings. The van der Waals surface area contributed by atoms with E-state index in [0.717, 1.165) is 25.1 Å². The zero-order valence-corrected chi connectivity index (χ0v) is 20.4. The molecule has 2 saturated heterocycles. The van der Waals surface area contributed by atoms with Gasteiger partial charge in [0.25, 0.3) is 5.91 Å². The van der Waals surface area contributed by atoms with E-state index in [0.29, 0.717) is 56.6 Å². The number of nitrogens with zero attached hydrogens (tertiary/aromatic N) is 3. The van der Waals surface area contributed by atoms with Crippen LogP contribution in [-0.4, -0.2) is 85.2 Å². The number of hydrogen-bond donors (Lipinski definition) is 1. The minimum atomic E-state index is -4.43. The number of ether oxygens (including phenoxy) is 1. The molecule has 0 spiro atoms. The number of nitrogens with one attached hydrogen (secondary N) is 1. The molecule has 2 aliphatic rings. The highest BCUT2D eigenvalue weighted by molar-refractivity contribution is 6.30. The van der Waals surface area contributed by atoms with Crippen molar-refractivity contribution in [2.24, 2.45) is 0 Å². The highest BCUT2D eigenvalue weighted by Crippen LogP contribution is 2.29. The molecule has 1 N–H and O–H groups in total. The molecule has 2 aliphatic heterocycles. The van der Waals surface area contributed by atoms with Crippen LogP contribution in [0, 0.1) is 0 Å². The predicted octanol–water partition coefficient (Wildman–Crippen LogP) is 4.44. The number of halogens is 4.